The molecule has 1 aliphatic heterocycles. The van der Waals surface area contributed by atoms with Gasteiger partial charge < -0.3 is 15.0 Å². The molecule has 1 saturated heterocycles. The number of carbonyl (C=O) groups is 1. The lowest BCUT2D eigenvalue weighted by Crippen LogP contribution is -2.31. The lowest BCUT2D eigenvalue weighted by Gasteiger charge is -2.25. The number of hydrogen-bond acceptors (Lipinski definition) is 7. The molecule has 3 aromatic rings. The van der Waals surface area contributed by atoms with E-state index in [1.807, 2.05) is 12.1 Å². The Morgan fingerprint density at radius 1 is 1.18 bits per heavy atom. The first kappa shape index (κ1) is 23.2. The summed E-state index contributed by atoms with van der Waals surface area (Å²) < 4.78 is 6.47. The zero-order chi connectivity index (χ0) is 24.6. The van der Waals surface area contributed by atoms with Crippen molar-refractivity contribution in [3.8, 4) is 6.01 Å². The summed E-state index contributed by atoms with van der Waals surface area (Å²) in [6.07, 6.45) is 4.63. The molecule has 10 heteroatoms. The van der Waals surface area contributed by atoms with Gasteiger partial charge in [-0.3, -0.25) is 14.5 Å². The Balaban J connectivity index is 1.98. The highest BCUT2D eigenvalue weighted by Crippen LogP contribution is 2.40. The molecule has 3 heterocycles. The summed E-state index contributed by atoms with van der Waals surface area (Å²) in [6.45, 7) is 3.36. The van der Waals surface area contributed by atoms with Crippen molar-refractivity contribution in [2.24, 2.45) is 17.8 Å². The Morgan fingerprint density at radius 3 is 2.38 bits per heavy atom. The maximum atomic E-state index is 13.7. The molecule has 174 valence electrons. The Kier molecular flexibility index (Phi) is 6.21. The van der Waals surface area contributed by atoms with Crippen LogP contribution in [0.1, 0.15) is 24.1 Å². The molecule has 1 fully saturated rings. The molecule has 0 bridgehead atoms. The van der Waals surface area contributed by atoms with Crippen LogP contribution in [-0.2, 0) is 11.8 Å². The van der Waals surface area contributed by atoms with Crippen molar-refractivity contribution >= 4 is 34.6 Å². The number of hydrogen-bond donors (Lipinski definition) is 1. The van der Waals surface area contributed by atoms with Crippen molar-refractivity contribution in [3.63, 3.8) is 0 Å². The number of amides is 1. The van der Waals surface area contributed by atoms with Crippen LogP contribution in [0.4, 0.5) is 11.4 Å². The standard InChI is InChI=1S/C24H23ClN6O3/c1-13-9-18(12-30(3)22(13)32)31-21(15-5-7-16(25)8-6-15)20(19(14(2)26)23(31)33)29-17-10-27-24(34-4)28-11-17/h5-12,21H,26H2,1-4H3. The lowest BCUT2D eigenvalue weighted by molar-refractivity contribution is -0.114. The number of aliphatic imine (C=N–C) groups is 1. The zero-order valence-corrected chi connectivity index (χ0v) is 19.9. The summed E-state index contributed by atoms with van der Waals surface area (Å²) in [7, 11) is 3.12. The van der Waals surface area contributed by atoms with E-state index in [0.717, 1.165) is 5.56 Å². The van der Waals surface area contributed by atoms with E-state index in [4.69, 9.17) is 27.1 Å². The van der Waals surface area contributed by atoms with Crippen molar-refractivity contribution in [3.05, 3.63) is 86.7 Å². The van der Waals surface area contributed by atoms with Crippen molar-refractivity contribution in [2.45, 2.75) is 19.9 Å². The molecule has 1 aromatic carbocycles. The van der Waals surface area contributed by atoms with Crippen LogP contribution in [0.2, 0.25) is 5.02 Å². The highest BCUT2D eigenvalue weighted by molar-refractivity contribution is 6.36. The minimum atomic E-state index is -0.628. The van der Waals surface area contributed by atoms with Gasteiger partial charge in [-0.05, 0) is 37.6 Å². The van der Waals surface area contributed by atoms with Gasteiger partial charge >= 0.3 is 6.01 Å². The molecular weight excluding hydrogens is 456 g/mol. The lowest BCUT2D eigenvalue weighted by atomic mass is 9.99. The Hall–Kier alpha value is -3.98. The number of rotatable bonds is 4. The predicted octanol–water partition coefficient (Wildman–Crippen LogP) is 3.24. The van der Waals surface area contributed by atoms with E-state index in [0.29, 0.717) is 33.4 Å². The zero-order valence-electron chi connectivity index (χ0n) is 19.1. The summed E-state index contributed by atoms with van der Waals surface area (Å²) in [4.78, 5) is 40.6. The first-order valence-electron chi connectivity index (χ1n) is 10.4. The van der Waals surface area contributed by atoms with Gasteiger partial charge in [0.05, 0.1) is 36.5 Å². The molecule has 0 saturated carbocycles. The fourth-order valence-corrected chi connectivity index (χ4v) is 4.04. The second-order valence-electron chi connectivity index (χ2n) is 7.91. The van der Waals surface area contributed by atoms with Crippen molar-refractivity contribution in [1.29, 1.82) is 0 Å². The quantitative estimate of drug-likeness (QED) is 0.575. The summed E-state index contributed by atoms with van der Waals surface area (Å²) in [5, 5.41) is 0.561. The molecule has 1 amide bonds. The van der Waals surface area contributed by atoms with E-state index in [9.17, 15) is 9.59 Å². The maximum absolute atomic E-state index is 13.7. The molecule has 2 N–H and O–H groups in total. The number of aromatic nitrogens is 3. The average Bonchev–Trinajstić information content (AvgIpc) is 3.10. The van der Waals surface area contributed by atoms with Crippen LogP contribution < -0.4 is 20.9 Å². The SMILES string of the molecule is COc1ncc(N=C2C(=C(C)N)C(=O)N(c3cc(C)c(=O)n(C)c3)C2c2ccc(Cl)cc2)cn1. The van der Waals surface area contributed by atoms with Gasteiger partial charge in [0.1, 0.15) is 11.7 Å². The van der Waals surface area contributed by atoms with Crippen molar-refractivity contribution in [1.82, 2.24) is 14.5 Å². The minimum absolute atomic E-state index is 0.145. The van der Waals surface area contributed by atoms with E-state index in [2.05, 4.69) is 9.97 Å². The van der Waals surface area contributed by atoms with Gasteiger partial charge in [-0.25, -0.2) is 15.0 Å². The van der Waals surface area contributed by atoms with Crippen LogP contribution >= 0.6 is 11.6 Å². The fourth-order valence-electron chi connectivity index (χ4n) is 3.91. The van der Waals surface area contributed by atoms with E-state index >= 15 is 0 Å². The maximum Gasteiger partial charge on any atom is 0.316 e. The topological polar surface area (TPSA) is 116 Å². The smallest absolute Gasteiger partial charge is 0.316 e. The largest absolute Gasteiger partial charge is 0.467 e. The van der Waals surface area contributed by atoms with Crippen molar-refractivity contribution < 1.29 is 9.53 Å². The van der Waals surface area contributed by atoms with Crippen molar-refractivity contribution in [2.75, 3.05) is 12.0 Å². The molecule has 1 unspecified atom stereocenters. The highest BCUT2D eigenvalue weighted by Gasteiger charge is 2.44. The molecule has 34 heavy (non-hydrogen) atoms. The number of ether oxygens (including phenoxy) is 1. The number of halogens is 1. The molecule has 1 atom stereocenters. The summed E-state index contributed by atoms with van der Waals surface area (Å²) in [6, 6.07) is 8.42. The van der Waals surface area contributed by atoms with Gasteiger partial charge in [-0.2, -0.15) is 0 Å². The van der Waals surface area contributed by atoms with Gasteiger partial charge in [0, 0.05) is 29.5 Å². The van der Waals surface area contributed by atoms with Gasteiger partial charge in [0.2, 0.25) is 0 Å². The second-order valence-corrected chi connectivity index (χ2v) is 8.35. The monoisotopic (exact) mass is 478 g/mol. The number of benzene rings is 1. The Labute approximate surface area is 201 Å². The van der Waals surface area contributed by atoms with E-state index in [1.54, 1.807) is 50.2 Å². The predicted molar refractivity (Wildman–Crippen MR) is 131 cm³/mol. The number of methoxy groups -OCH3 is 1. The van der Waals surface area contributed by atoms with Crippen LogP contribution in [0.15, 0.2) is 70.0 Å². The van der Waals surface area contributed by atoms with Crippen LogP contribution in [0.3, 0.4) is 0 Å². The number of allylic oxidation sites excluding steroid dienone is 1. The van der Waals surface area contributed by atoms with Gasteiger partial charge in [0.25, 0.3) is 11.5 Å². The van der Waals surface area contributed by atoms with E-state index < -0.39 is 6.04 Å². The van der Waals surface area contributed by atoms with Gasteiger partial charge in [-0.15, -0.1) is 0 Å². The van der Waals surface area contributed by atoms with Gasteiger partial charge in [-0.1, -0.05) is 23.7 Å². The van der Waals surface area contributed by atoms with E-state index in [1.165, 1.54) is 24.1 Å². The van der Waals surface area contributed by atoms with Crippen LogP contribution in [-0.4, -0.2) is 33.3 Å². The molecule has 0 aliphatic carbocycles. The molecular formula is C24H23ClN6O3. The molecule has 4 rings (SSSR count). The number of pyridine rings is 1. The fraction of sp³-hybridized carbons (Fsp3) is 0.208. The molecule has 9 nitrogen and oxygen atoms in total. The molecule has 0 spiro atoms. The average molecular weight is 479 g/mol. The number of nitrogens with two attached hydrogens (primary N) is 1. The third-order valence-corrected chi connectivity index (χ3v) is 5.71. The highest BCUT2D eigenvalue weighted by atomic mass is 35.5. The Morgan fingerprint density at radius 2 is 1.82 bits per heavy atom. The third-order valence-electron chi connectivity index (χ3n) is 5.46. The van der Waals surface area contributed by atoms with Crippen LogP contribution in [0, 0.1) is 6.92 Å². The Bertz CT molecular complexity index is 1350. The summed E-state index contributed by atoms with van der Waals surface area (Å²) in [5.41, 5.74) is 9.33. The molecule has 0 radical (unpaired) electrons. The minimum Gasteiger partial charge on any atom is -0.467 e. The normalized spacial score (nSPS) is 18.5. The first-order chi connectivity index (χ1) is 16.2. The number of nitrogens with zero attached hydrogens (tertiary/aromatic N) is 5. The number of anilines is 1. The summed E-state index contributed by atoms with van der Waals surface area (Å²) >= 11 is 6.13. The second kappa shape index (κ2) is 9.11. The van der Waals surface area contributed by atoms with Crippen LogP contribution in [0.25, 0.3) is 0 Å². The number of aryl methyl sites for hydroxylation is 2. The van der Waals surface area contributed by atoms with E-state index in [-0.39, 0.29) is 23.1 Å². The summed E-state index contributed by atoms with van der Waals surface area (Å²) in [5.74, 6) is -0.328. The first-order valence-corrected chi connectivity index (χ1v) is 10.8. The molecule has 2 aromatic heterocycles. The molecule has 1 aliphatic rings. The van der Waals surface area contributed by atoms with Gasteiger partial charge in [0.15, 0.2) is 0 Å². The third kappa shape index (κ3) is 4.17. The number of carbonyl (C=O) groups excluding carboxylic acids is 1. The van der Waals surface area contributed by atoms with Crippen LogP contribution in [0.5, 0.6) is 6.01 Å².